The molecule has 0 radical (unpaired) electrons. The summed E-state index contributed by atoms with van der Waals surface area (Å²) in [5, 5.41) is 0. The average molecular weight is 270 g/mol. The lowest BCUT2D eigenvalue weighted by Crippen LogP contribution is -2.28. The van der Waals surface area contributed by atoms with Crippen molar-refractivity contribution in [2.24, 2.45) is 5.73 Å². The van der Waals surface area contributed by atoms with Crippen LogP contribution in [0.2, 0.25) is 0 Å². The molecule has 0 spiro atoms. The minimum absolute atomic E-state index is 0.0277. The van der Waals surface area contributed by atoms with Crippen LogP contribution in [0.25, 0.3) is 0 Å². The molecule has 20 heavy (non-hydrogen) atoms. The van der Waals surface area contributed by atoms with Crippen LogP contribution >= 0.6 is 0 Å². The molecule has 3 heteroatoms. The van der Waals surface area contributed by atoms with Gasteiger partial charge >= 0.3 is 0 Å². The predicted octanol–water partition coefficient (Wildman–Crippen LogP) is 3.09. The van der Waals surface area contributed by atoms with Crippen LogP contribution in [0.1, 0.15) is 43.4 Å². The molecule has 2 N–H and O–H groups in total. The first-order chi connectivity index (χ1) is 9.74. The van der Waals surface area contributed by atoms with Gasteiger partial charge in [-0.2, -0.15) is 0 Å². The first-order valence-electron chi connectivity index (χ1n) is 7.24. The van der Waals surface area contributed by atoms with E-state index in [0.29, 0.717) is 5.56 Å². The highest BCUT2D eigenvalue weighted by Crippen LogP contribution is 2.15. The number of nitrogens with two attached hydrogens (primary N) is 1. The van der Waals surface area contributed by atoms with Crippen molar-refractivity contribution in [3.05, 3.63) is 70.1 Å². The Morgan fingerprint density at radius 1 is 1.10 bits per heavy atom. The zero-order chi connectivity index (χ0) is 14.4. The van der Waals surface area contributed by atoms with Gasteiger partial charge in [0.15, 0.2) is 0 Å². The van der Waals surface area contributed by atoms with Crippen LogP contribution in [-0.4, -0.2) is 4.57 Å². The number of pyridine rings is 1. The number of unbranched alkanes of at least 4 members (excludes halogenated alkanes) is 2. The summed E-state index contributed by atoms with van der Waals surface area (Å²) in [6.45, 7) is 2.92. The topological polar surface area (TPSA) is 48.0 Å². The van der Waals surface area contributed by atoms with Gasteiger partial charge in [-0.05, 0) is 18.1 Å². The number of hydrogen-bond donors (Lipinski definition) is 1. The molecule has 2 rings (SSSR count). The summed E-state index contributed by atoms with van der Waals surface area (Å²) in [5.41, 5.74) is 7.89. The fourth-order valence-electron chi connectivity index (χ4n) is 2.34. The molecule has 0 saturated carbocycles. The van der Waals surface area contributed by atoms with Crippen molar-refractivity contribution in [3.63, 3.8) is 0 Å². The lowest BCUT2D eigenvalue weighted by Gasteiger charge is -2.14. The highest BCUT2D eigenvalue weighted by Gasteiger charge is 2.13. The number of rotatable bonds is 6. The Morgan fingerprint density at radius 2 is 1.85 bits per heavy atom. The number of aryl methyl sites for hydroxylation is 1. The van der Waals surface area contributed by atoms with E-state index in [1.165, 1.54) is 0 Å². The third-order valence-corrected chi connectivity index (χ3v) is 3.55. The summed E-state index contributed by atoms with van der Waals surface area (Å²) in [5.74, 6) is 0. The molecule has 106 valence electrons. The molecular formula is C17H22N2O. The summed E-state index contributed by atoms with van der Waals surface area (Å²) >= 11 is 0. The van der Waals surface area contributed by atoms with Gasteiger partial charge < -0.3 is 10.3 Å². The summed E-state index contributed by atoms with van der Waals surface area (Å²) in [6, 6.07) is 13.1. The molecule has 1 heterocycles. The second kappa shape index (κ2) is 7.06. The van der Waals surface area contributed by atoms with Gasteiger partial charge in [0.2, 0.25) is 0 Å². The Kier molecular flexibility index (Phi) is 5.13. The van der Waals surface area contributed by atoms with Crippen LogP contribution in [0.5, 0.6) is 0 Å². The second-order valence-electron chi connectivity index (χ2n) is 5.06. The molecule has 0 fully saturated rings. The Morgan fingerprint density at radius 3 is 2.55 bits per heavy atom. The zero-order valence-corrected chi connectivity index (χ0v) is 12.0. The van der Waals surface area contributed by atoms with Crippen LogP contribution in [0.4, 0.5) is 0 Å². The number of hydrogen-bond acceptors (Lipinski definition) is 2. The van der Waals surface area contributed by atoms with Crippen molar-refractivity contribution in [2.45, 2.75) is 38.8 Å². The number of benzene rings is 1. The lowest BCUT2D eigenvalue weighted by molar-refractivity contribution is 0.581. The fourth-order valence-corrected chi connectivity index (χ4v) is 2.34. The molecule has 1 unspecified atom stereocenters. The van der Waals surface area contributed by atoms with E-state index in [1.54, 1.807) is 4.57 Å². The maximum Gasteiger partial charge on any atom is 0.255 e. The first-order valence-corrected chi connectivity index (χ1v) is 7.24. The van der Waals surface area contributed by atoms with Crippen molar-refractivity contribution in [1.82, 2.24) is 4.57 Å². The molecule has 3 nitrogen and oxygen atoms in total. The van der Waals surface area contributed by atoms with E-state index in [9.17, 15) is 4.79 Å². The van der Waals surface area contributed by atoms with E-state index in [4.69, 9.17) is 5.73 Å². The predicted molar refractivity (Wildman–Crippen MR) is 82.7 cm³/mol. The maximum atomic E-state index is 12.5. The van der Waals surface area contributed by atoms with Gasteiger partial charge in [-0.15, -0.1) is 0 Å². The van der Waals surface area contributed by atoms with E-state index in [2.05, 4.69) is 6.92 Å². The van der Waals surface area contributed by atoms with E-state index in [1.807, 2.05) is 48.7 Å². The van der Waals surface area contributed by atoms with Gasteiger partial charge in [0, 0.05) is 18.3 Å². The molecule has 1 aromatic carbocycles. The Bertz CT molecular complexity index is 589. The summed E-state index contributed by atoms with van der Waals surface area (Å²) in [4.78, 5) is 12.5. The SMILES string of the molecule is CCCCCn1cccc(C(N)c2ccccc2)c1=O. The molecule has 1 atom stereocenters. The zero-order valence-electron chi connectivity index (χ0n) is 12.0. The van der Waals surface area contributed by atoms with Crippen molar-refractivity contribution in [1.29, 1.82) is 0 Å². The molecule has 2 aromatic rings. The third kappa shape index (κ3) is 3.36. The Hall–Kier alpha value is -1.87. The van der Waals surface area contributed by atoms with Crippen molar-refractivity contribution >= 4 is 0 Å². The summed E-state index contributed by atoms with van der Waals surface area (Å²) in [7, 11) is 0. The van der Waals surface area contributed by atoms with Gasteiger partial charge in [0.25, 0.3) is 5.56 Å². The molecule has 0 amide bonds. The molecular weight excluding hydrogens is 248 g/mol. The van der Waals surface area contributed by atoms with E-state index < -0.39 is 0 Å². The average Bonchev–Trinajstić information content (AvgIpc) is 2.49. The van der Waals surface area contributed by atoms with Crippen LogP contribution in [-0.2, 0) is 6.54 Å². The minimum Gasteiger partial charge on any atom is -0.320 e. The fraction of sp³-hybridized carbons (Fsp3) is 0.353. The molecule has 0 bridgehead atoms. The van der Waals surface area contributed by atoms with Crippen LogP contribution in [0, 0.1) is 0 Å². The van der Waals surface area contributed by atoms with Gasteiger partial charge in [0.1, 0.15) is 0 Å². The molecule has 0 aliphatic rings. The molecule has 0 aliphatic heterocycles. The van der Waals surface area contributed by atoms with Gasteiger partial charge in [0.05, 0.1) is 6.04 Å². The normalized spacial score (nSPS) is 12.3. The highest BCUT2D eigenvalue weighted by atomic mass is 16.1. The summed E-state index contributed by atoms with van der Waals surface area (Å²) < 4.78 is 1.77. The Labute approximate surface area is 120 Å². The second-order valence-corrected chi connectivity index (χ2v) is 5.06. The largest absolute Gasteiger partial charge is 0.320 e. The molecule has 0 saturated heterocycles. The van der Waals surface area contributed by atoms with Gasteiger partial charge in [-0.1, -0.05) is 56.2 Å². The quantitative estimate of drug-likeness (QED) is 0.820. The Balaban J connectivity index is 2.24. The van der Waals surface area contributed by atoms with Crippen LogP contribution < -0.4 is 11.3 Å². The standard InChI is InChI=1S/C17H22N2O/c1-2-3-7-12-19-13-8-11-15(17(19)20)16(18)14-9-5-4-6-10-14/h4-6,8-11,13,16H,2-3,7,12,18H2,1H3. The minimum atomic E-state index is -0.359. The monoisotopic (exact) mass is 270 g/mol. The van der Waals surface area contributed by atoms with Gasteiger partial charge in [-0.3, -0.25) is 4.79 Å². The van der Waals surface area contributed by atoms with Crippen molar-refractivity contribution in [2.75, 3.05) is 0 Å². The summed E-state index contributed by atoms with van der Waals surface area (Å²) in [6.07, 6.45) is 5.17. The van der Waals surface area contributed by atoms with Crippen LogP contribution in [0.15, 0.2) is 53.5 Å². The van der Waals surface area contributed by atoms with Crippen molar-refractivity contribution < 1.29 is 0 Å². The van der Waals surface area contributed by atoms with Gasteiger partial charge in [-0.25, -0.2) is 0 Å². The van der Waals surface area contributed by atoms with Crippen LogP contribution in [0.3, 0.4) is 0 Å². The smallest absolute Gasteiger partial charge is 0.255 e. The highest BCUT2D eigenvalue weighted by molar-refractivity contribution is 5.29. The maximum absolute atomic E-state index is 12.5. The lowest BCUT2D eigenvalue weighted by atomic mass is 10.0. The van der Waals surface area contributed by atoms with E-state index in [0.717, 1.165) is 31.4 Å². The number of nitrogens with zero attached hydrogens (tertiary/aromatic N) is 1. The first kappa shape index (κ1) is 14.5. The number of aromatic nitrogens is 1. The molecule has 0 aliphatic carbocycles. The van der Waals surface area contributed by atoms with E-state index >= 15 is 0 Å². The third-order valence-electron chi connectivity index (χ3n) is 3.55. The van der Waals surface area contributed by atoms with Crippen molar-refractivity contribution in [3.8, 4) is 0 Å². The molecule has 1 aromatic heterocycles. The van der Waals surface area contributed by atoms with E-state index in [-0.39, 0.29) is 11.6 Å².